The first kappa shape index (κ1) is 15.8. The van der Waals surface area contributed by atoms with Crippen LogP contribution in [0.4, 0.5) is 8.78 Å². The molecule has 1 saturated heterocycles. The number of aliphatic hydroxyl groups is 1. The highest BCUT2D eigenvalue weighted by Gasteiger charge is 2.38. The van der Waals surface area contributed by atoms with Crippen molar-refractivity contribution in [2.45, 2.75) is 17.0 Å². The molecule has 1 aliphatic rings. The molecule has 0 aromatic heterocycles. The van der Waals surface area contributed by atoms with E-state index in [4.69, 9.17) is 0 Å². The highest BCUT2D eigenvalue weighted by Crippen LogP contribution is 2.30. The molecule has 1 aromatic carbocycles. The van der Waals surface area contributed by atoms with Gasteiger partial charge in [0.25, 0.3) is 0 Å². The summed E-state index contributed by atoms with van der Waals surface area (Å²) in [5, 5.41) is 12.6. The zero-order valence-electron chi connectivity index (χ0n) is 10.5. The van der Waals surface area contributed by atoms with Crippen molar-refractivity contribution in [2.24, 2.45) is 0 Å². The van der Waals surface area contributed by atoms with Crippen LogP contribution in [0.1, 0.15) is 0 Å². The number of rotatable bonds is 3. The molecule has 0 amide bonds. The molecule has 5 nitrogen and oxygen atoms in total. The van der Waals surface area contributed by atoms with Gasteiger partial charge in [-0.1, -0.05) is 0 Å². The van der Waals surface area contributed by atoms with Crippen molar-refractivity contribution < 1.29 is 22.3 Å². The van der Waals surface area contributed by atoms with E-state index in [1.54, 1.807) is 0 Å². The van der Waals surface area contributed by atoms with Crippen molar-refractivity contribution in [1.82, 2.24) is 9.62 Å². The number of halogens is 3. The summed E-state index contributed by atoms with van der Waals surface area (Å²) < 4.78 is 52.4. The van der Waals surface area contributed by atoms with Crippen LogP contribution in [0.3, 0.4) is 0 Å². The second-order valence-corrected chi connectivity index (χ2v) is 7.30. The van der Waals surface area contributed by atoms with E-state index in [0.29, 0.717) is 6.07 Å². The molecule has 2 N–H and O–H groups in total. The molecule has 20 heavy (non-hydrogen) atoms. The van der Waals surface area contributed by atoms with Gasteiger partial charge >= 0.3 is 0 Å². The van der Waals surface area contributed by atoms with Gasteiger partial charge in [-0.05, 0) is 22.0 Å². The van der Waals surface area contributed by atoms with E-state index >= 15 is 0 Å². The Morgan fingerprint density at radius 1 is 1.40 bits per heavy atom. The minimum absolute atomic E-state index is 0.192. The Bertz CT molecular complexity index is 603. The Labute approximate surface area is 123 Å². The van der Waals surface area contributed by atoms with Crippen LogP contribution in [0.25, 0.3) is 0 Å². The molecule has 0 aliphatic carbocycles. The molecule has 1 aliphatic heterocycles. The summed E-state index contributed by atoms with van der Waals surface area (Å²) in [6, 6.07) is 0.693. The van der Waals surface area contributed by atoms with Gasteiger partial charge in [0.2, 0.25) is 10.0 Å². The molecule has 0 spiro atoms. The lowest BCUT2D eigenvalue weighted by Gasteiger charge is -2.26. The van der Waals surface area contributed by atoms with Gasteiger partial charge in [0.05, 0.1) is 12.1 Å². The van der Waals surface area contributed by atoms with E-state index in [1.807, 2.05) is 0 Å². The monoisotopic (exact) mass is 370 g/mol. The third kappa shape index (κ3) is 2.73. The topological polar surface area (TPSA) is 69.6 Å². The van der Waals surface area contributed by atoms with Gasteiger partial charge in [0.15, 0.2) is 0 Å². The fourth-order valence-electron chi connectivity index (χ4n) is 2.12. The first-order valence-electron chi connectivity index (χ1n) is 5.76. The number of nitrogens with one attached hydrogen (secondary N) is 1. The van der Waals surface area contributed by atoms with Crippen molar-refractivity contribution in [3.8, 4) is 0 Å². The molecule has 1 heterocycles. The minimum Gasteiger partial charge on any atom is -0.390 e. The van der Waals surface area contributed by atoms with Crippen LogP contribution in [0.5, 0.6) is 0 Å². The fourth-order valence-corrected chi connectivity index (χ4v) is 4.61. The molecule has 0 saturated carbocycles. The molecular weight excluding hydrogens is 358 g/mol. The van der Waals surface area contributed by atoms with Crippen LogP contribution in [0.15, 0.2) is 21.5 Å². The third-order valence-electron chi connectivity index (χ3n) is 3.22. The van der Waals surface area contributed by atoms with Gasteiger partial charge in [-0.15, -0.1) is 0 Å². The van der Waals surface area contributed by atoms with E-state index in [0.717, 1.165) is 10.4 Å². The number of benzene rings is 1. The molecular formula is C11H13BrF2N2O3S. The van der Waals surface area contributed by atoms with Crippen molar-refractivity contribution in [1.29, 1.82) is 0 Å². The average Bonchev–Trinajstić information content (AvgIpc) is 2.72. The highest BCUT2D eigenvalue weighted by molar-refractivity contribution is 9.10. The Kier molecular flexibility index (Phi) is 4.45. The zero-order valence-corrected chi connectivity index (χ0v) is 12.9. The standard InChI is InChI=1S/C11H13BrF2N2O3S/c1-16(9-4-15-5-10(9)17)20(18,19)11-7(12)2-6(13)3-8(11)14/h2-3,9-10,15,17H,4-5H2,1H3/t9-,10-/m1/s1. The SMILES string of the molecule is CN([C@@H]1CNC[C@H]1O)S(=O)(=O)c1c(F)cc(F)cc1Br. The second-order valence-electron chi connectivity index (χ2n) is 4.51. The molecule has 0 bridgehead atoms. The maximum Gasteiger partial charge on any atom is 0.247 e. The third-order valence-corrected chi connectivity index (χ3v) is 6.07. The summed E-state index contributed by atoms with van der Waals surface area (Å²) in [6.07, 6.45) is -0.878. The Hall–Kier alpha value is -0.610. The van der Waals surface area contributed by atoms with Crippen LogP contribution >= 0.6 is 15.9 Å². The number of aliphatic hydroxyl groups excluding tert-OH is 1. The van der Waals surface area contributed by atoms with Crippen molar-refractivity contribution >= 4 is 26.0 Å². The Morgan fingerprint density at radius 3 is 2.55 bits per heavy atom. The zero-order chi connectivity index (χ0) is 15.1. The summed E-state index contributed by atoms with van der Waals surface area (Å²) in [5.41, 5.74) is 0. The second kappa shape index (κ2) is 5.64. The Balaban J connectivity index is 2.45. The number of nitrogens with zero attached hydrogens (tertiary/aromatic N) is 1. The van der Waals surface area contributed by atoms with E-state index in [2.05, 4.69) is 21.2 Å². The number of hydrogen-bond donors (Lipinski definition) is 2. The Morgan fingerprint density at radius 2 is 2.05 bits per heavy atom. The van der Waals surface area contributed by atoms with Crippen molar-refractivity contribution in [2.75, 3.05) is 20.1 Å². The smallest absolute Gasteiger partial charge is 0.247 e. The normalized spacial score (nSPS) is 23.5. The quantitative estimate of drug-likeness (QED) is 0.820. The number of sulfonamides is 1. The lowest BCUT2D eigenvalue weighted by atomic mass is 10.2. The number of β-amino-alcohol motifs (C(OH)–C–C–N with tert-alkyl or cyclic N) is 1. The predicted octanol–water partition coefficient (Wildman–Crippen LogP) is 0.680. The number of likely N-dealkylation sites (N-methyl/N-ethyl adjacent to an activating group) is 1. The van der Waals surface area contributed by atoms with Gasteiger partial charge in [0.1, 0.15) is 16.5 Å². The van der Waals surface area contributed by atoms with E-state index < -0.39 is 38.7 Å². The molecule has 2 atom stereocenters. The van der Waals surface area contributed by atoms with Crippen LogP contribution in [-0.4, -0.2) is 50.1 Å². The van der Waals surface area contributed by atoms with Crippen molar-refractivity contribution in [3.63, 3.8) is 0 Å². The average molecular weight is 371 g/mol. The summed E-state index contributed by atoms with van der Waals surface area (Å²) in [6.45, 7) is 0.523. The first-order chi connectivity index (χ1) is 9.25. The van der Waals surface area contributed by atoms with Crippen LogP contribution in [0.2, 0.25) is 0 Å². The van der Waals surface area contributed by atoms with Crippen molar-refractivity contribution in [3.05, 3.63) is 28.2 Å². The first-order valence-corrected chi connectivity index (χ1v) is 8.00. The molecule has 112 valence electrons. The lowest BCUT2D eigenvalue weighted by molar-refractivity contribution is 0.136. The van der Waals surface area contributed by atoms with Gasteiger partial charge in [0, 0.05) is 30.7 Å². The minimum atomic E-state index is -4.19. The lowest BCUT2D eigenvalue weighted by Crippen LogP contribution is -2.44. The maximum absolute atomic E-state index is 13.8. The van der Waals surface area contributed by atoms with Gasteiger partial charge in [-0.2, -0.15) is 4.31 Å². The molecule has 0 radical (unpaired) electrons. The highest BCUT2D eigenvalue weighted by atomic mass is 79.9. The molecule has 9 heteroatoms. The molecule has 2 rings (SSSR count). The van der Waals surface area contributed by atoms with Gasteiger partial charge < -0.3 is 10.4 Å². The summed E-state index contributed by atoms with van der Waals surface area (Å²) in [7, 11) is -2.93. The summed E-state index contributed by atoms with van der Waals surface area (Å²) in [5.74, 6) is -2.05. The summed E-state index contributed by atoms with van der Waals surface area (Å²) in [4.78, 5) is -0.638. The van der Waals surface area contributed by atoms with Gasteiger partial charge in [-0.3, -0.25) is 0 Å². The van der Waals surface area contributed by atoms with E-state index in [1.165, 1.54) is 7.05 Å². The fraction of sp³-hybridized carbons (Fsp3) is 0.455. The van der Waals surface area contributed by atoms with Crippen LogP contribution < -0.4 is 5.32 Å². The largest absolute Gasteiger partial charge is 0.390 e. The summed E-state index contributed by atoms with van der Waals surface area (Å²) >= 11 is 2.86. The number of hydrogen-bond acceptors (Lipinski definition) is 4. The van der Waals surface area contributed by atoms with E-state index in [9.17, 15) is 22.3 Å². The molecule has 1 fully saturated rings. The maximum atomic E-state index is 13.8. The van der Waals surface area contributed by atoms with Crippen LogP contribution in [0, 0.1) is 11.6 Å². The predicted molar refractivity (Wildman–Crippen MR) is 71.7 cm³/mol. The van der Waals surface area contributed by atoms with E-state index in [-0.39, 0.29) is 17.6 Å². The van der Waals surface area contributed by atoms with Crippen LogP contribution in [-0.2, 0) is 10.0 Å². The van der Waals surface area contributed by atoms with Gasteiger partial charge in [-0.25, -0.2) is 17.2 Å². The molecule has 1 aromatic rings. The molecule has 0 unspecified atom stereocenters.